The van der Waals surface area contributed by atoms with Crippen molar-refractivity contribution in [2.45, 2.75) is 27.2 Å². The second-order valence-electron chi connectivity index (χ2n) is 4.58. The molecule has 20 heavy (non-hydrogen) atoms. The summed E-state index contributed by atoms with van der Waals surface area (Å²) in [7, 11) is 0. The molecule has 112 valence electrons. The third-order valence-electron chi connectivity index (χ3n) is 3.39. The predicted octanol–water partition coefficient (Wildman–Crippen LogP) is 1.67. The van der Waals surface area contributed by atoms with E-state index in [1.165, 1.54) is 0 Å². The summed E-state index contributed by atoms with van der Waals surface area (Å²) in [6, 6.07) is 0. The van der Waals surface area contributed by atoms with Gasteiger partial charge in [0.15, 0.2) is 0 Å². The lowest BCUT2D eigenvalue weighted by Gasteiger charge is -2.24. The van der Waals surface area contributed by atoms with Gasteiger partial charge in [-0.2, -0.15) is 0 Å². The topological polar surface area (TPSA) is 58.3 Å². The monoisotopic (exact) mass is 295 g/mol. The first-order valence-electron chi connectivity index (χ1n) is 7.21. The Kier molecular flexibility index (Phi) is 7.40. The molecule has 0 radical (unpaired) electrons. The molecule has 0 saturated heterocycles. The Morgan fingerprint density at radius 1 is 1.10 bits per heavy atom. The van der Waals surface area contributed by atoms with Gasteiger partial charge in [-0.1, -0.05) is 26.1 Å². The second kappa shape index (κ2) is 8.81. The molecule has 6 heteroatoms. The second-order valence-corrected chi connectivity index (χ2v) is 5.02. The fourth-order valence-electron chi connectivity index (χ4n) is 2.07. The van der Waals surface area contributed by atoms with Gasteiger partial charge in [-0.05, 0) is 33.0 Å². The number of anilines is 1. The average molecular weight is 295 g/mol. The minimum Gasteiger partial charge on any atom is -0.388 e. The van der Waals surface area contributed by atoms with Crippen molar-refractivity contribution in [1.29, 1.82) is 0 Å². The molecule has 0 aliphatic carbocycles. The van der Waals surface area contributed by atoms with Crippen LogP contribution in [0.2, 0.25) is 0 Å². The SMILES string of the molecule is CCN(CC)CCCN(CC)c1cnc(C(N)=S)cn1. The molecule has 0 aliphatic heterocycles. The molecule has 1 aromatic heterocycles. The molecular formula is C14H25N5S. The highest BCUT2D eigenvalue weighted by molar-refractivity contribution is 7.80. The predicted molar refractivity (Wildman–Crippen MR) is 88.2 cm³/mol. The van der Waals surface area contributed by atoms with Crippen LogP contribution >= 0.6 is 12.2 Å². The summed E-state index contributed by atoms with van der Waals surface area (Å²) in [4.78, 5) is 13.6. The standard InChI is InChI=1S/C14H25N5S/c1-4-18(5-2)8-7-9-19(6-3)13-11-16-12(10-17-13)14(15)20/h10-11H,4-9H2,1-3H3,(H2,15,20). The molecule has 0 atom stereocenters. The number of rotatable bonds is 9. The Bertz CT molecular complexity index is 403. The van der Waals surface area contributed by atoms with Crippen molar-refractivity contribution < 1.29 is 0 Å². The maximum Gasteiger partial charge on any atom is 0.147 e. The van der Waals surface area contributed by atoms with Gasteiger partial charge in [0, 0.05) is 13.1 Å². The zero-order chi connectivity index (χ0) is 15.0. The molecule has 0 fully saturated rings. The lowest BCUT2D eigenvalue weighted by Crippen LogP contribution is -2.30. The summed E-state index contributed by atoms with van der Waals surface area (Å²) in [5.74, 6) is 0.882. The van der Waals surface area contributed by atoms with Gasteiger partial charge in [0.05, 0.1) is 12.4 Å². The summed E-state index contributed by atoms with van der Waals surface area (Å²) >= 11 is 4.88. The summed E-state index contributed by atoms with van der Waals surface area (Å²) in [5.41, 5.74) is 6.10. The molecule has 1 heterocycles. The van der Waals surface area contributed by atoms with Gasteiger partial charge in [0.25, 0.3) is 0 Å². The first kappa shape index (κ1) is 16.8. The van der Waals surface area contributed by atoms with E-state index in [1.54, 1.807) is 12.4 Å². The summed E-state index contributed by atoms with van der Waals surface area (Å²) in [6.45, 7) is 11.7. The van der Waals surface area contributed by atoms with Crippen LogP contribution < -0.4 is 10.6 Å². The van der Waals surface area contributed by atoms with Crippen LogP contribution in [0.3, 0.4) is 0 Å². The molecule has 0 amide bonds. The van der Waals surface area contributed by atoms with Crippen LogP contribution in [0.4, 0.5) is 5.82 Å². The molecule has 0 aliphatic rings. The lowest BCUT2D eigenvalue weighted by atomic mass is 10.3. The van der Waals surface area contributed by atoms with E-state index in [9.17, 15) is 0 Å². The average Bonchev–Trinajstić information content (AvgIpc) is 2.48. The minimum atomic E-state index is 0.286. The van der Waals surface area contributed by atoms with Crippen molar-refractivity contribution in [1.82, 2.24) is 14.9 Å². The molecular weight excluding hydrogens is 270 g/mol. The maximum absolute atomic E-state index is 5.53. The normalized spacial score (nSPS) is 10.8. The van der Waals surface area contributed by atoms with Crippen LogP contribution in [0.15, 0.2) is 12.4 Å². The van der Waals surface area contributed by atoms with Gasteiger partial charge in [0.2, 0.25) is 0 Å². The highest BCUT2D eigenvalue weighted by Crippen LogP contribution is 2.09. The number of aromatic nitrogens is 2. The Morgan fingerprint density at radius 3 is 2.25 bits per heavy atom. The Morgan fingerprint density at radius 2 is 1.80 bits per heavy atom. The molecule has 0 aromatic carbocycles. The first-order valence-corrected chi connectivity index (χ1v) is 7.62. The fourth-order valence-corrected chi connectivity index (χ4v) is 2.18. The number of nitrogens with zero attached hydrogens (tertiary/aromatic N) is 4. The third-order valence-corrected chi connectivity index (χ3v) is 3.60. The third kappa shape index (κ3) is 5.02. The highest BCUT2D eigenvalue weighted by Gasteiger charge is 2.08. The molecule has 0 bridgehead atoms. The summed E-state index contributed by atoms with van der Waals surface area (Å²) in [5, 5.41) is 0. The van der Waals surface area contributed by atoms with Crippen LogP contribution in [0, 0.1) is 0 Å². The zero-order valence-corrected chi connectivity index (χ0v) is 13.5. The van der Waals surface area contributed by atoms with Crippen molar-refractivity contribution in [3.8, 4) is 0 Å². The van der Waals surface area contributed by atoms with Crippen LogP contribution in [0.25, 0.3) is 0 Å². The Hall–Kier alpha value is -1.27. The minimum absolute atomic E-state index is 0.286. The van der Waals surface area contributed by atoms with Crippen LogP contribution in [0.1, 0.15) is 32.9 Å². The van der Waals surface area contributed by atoms with Gasteiger partial charge >= 0.3 is 0 Å². The van der Waals surface area contributed by atoms with Crippen molar-refractivity contribution >= 4 is 23.0 Å². The molecule has 5 nitrogen and oxygen atoms in total. The van der Waals surface area contributed by atoms with Crippen LogP contribution in [-0.2, 0) is 0 Å². The number of hydrogen-bond acceptors (Lipinski definition) is 5. The smallest absolute Gasteiger partial charge is 0.147 e. The van der Waals surface area contributed by atoms with Gasteiger partial charge in [-0.15, -0.1) is 0 Å². The number of hydrogen-bond donors (Lipinski definition) is 1. The van der Waals surface area contributed by atoms with Crippen LogP contribution in [-0.4, -0.2) is 52.6 Å². The van der Waals surface area contributed by atoms with Crippen LogP contribution in [0.5, 0.6) is 0 Å². The van der Waals surface area contributed by atoms with Crippen molar-refractivity contribution in [2.24, 2.45) is 5.73 Å². The van der Waals surface area contributed by atoms with Gasteiger partial charge in [-0.3, -0.25) is 0 Å². The van der Waals surface area contributed by atoms with E-state index in [2.05, 4.69) is 40.5 Å². The molecule has 1 rings (SSSR count). The van der Waals surface area contributed by atoms with E-state index in [4.69, 9.17) is 18.0 Å². The van der Waals surface area contributed by atoms with Crippen molar-refractivity contribution in [2.75, 3.05) is 37.6 Å². The lowest BCUT2D eigenvalue weighted by molar-refractivity contribution is 0.300. The first-order chi connectivity index (χ1) is 9.62. The molecule has 0 unspecified atom stereocenters. The quantitative estimate of drug-likeness (QED) is 0.699. The largest absolute Gasteiger partial charge is 0.388 e. The zero-order valence-electron chi connectivity index (χ0n) is 12.7. The van der Waals surface area contributed by atoms with E-state index in [-0.39, 0.29) is 4.99 Å². The fraction of sp³-hybridized carbons (Fsp3) is 0.643. The summed E-state index contributed by atoms with van der Waals surface area (Å²) < 4.78 is 0. The number of nitrogens with two attached hydrogens (primary N) is 1. The number of thiocarbonyl (C=S) groups is 1. The van der Waals surface area contributed by atoms with E-state index in [1.807, 2.05) is 0 Å². The van der Waals surface area contributed by atoms with E-state index in [0.717, 1.165) is 45.0 Å². The highest BCUT2D eigenvalue weighted by atomic mass is 32.1. The summed E-state index contributed by atoms with van der Waals surface area (Å²) in [6.07, 6.45) is 4.51. The Labute approximate surface area is 127 Å². The van der Waals surface area contributed by atoms with Crippen molar-refractivity contribution in [3.05, 3.63) is 18.1 Å². The van der Waals surface area contributed by atoms with Gasteiger partial charge in [-0.25, -0.2) is 9.97 Å². The molecule has 0 saturated carbocycles. The molecule has 0 spiro atoms. The van der Waals surface area contributed by atoms with E-state index >= 15 is 0 Å². The van der Waals surface area contributed by atoms with Gasteiger partial charge < -0.3 is 15.5 Å². The molecule has 1 aromatic rings. The van der Waals surface area contributed by atoms with Crippen molar-refractivity contribution in [3.63, 3.8) is 0 Å². The van der Waals surface area contributed by atoms with E-state index < -0.39 is 0 Å². The maximum atomic E-state index is 5.53. The Balaban J connectivity index is 2.55. The molecule has 2 N–H and O–H groups in total. The van der Waals surface area contributed by atoms with Gasteiger partial charge in [0.1, 0.15) is 16.5 Å². The van der Waals surface area contributed by atoms with E-state index in [0.29, 0.717) is 5.69 Å².